The number of nitrogens with zero attached hydrogens (tertiary/aromatic N) is 2. The quantitative estimate of drug-likeness (QED) is 0.182. The highest BCUT2D eigenvalue weighted by molar-refractivity contribution is 6.24. The van der Waals surface area contributed by atoms with Crippen LogP contribution >= 0.6 is 0 Å². The summed E-state index contributed by atoms with van der Waals surface area (Å²) in [5.41, 5.74) is 8.81. The molecule has 0 aliphatic carbocycles. The first-order chi connectivity index (χ1) is 23.3. The van der Waals surface area contributed by atoms with Gasteiger partial charge < -0.3 is 13.6 Å². The zero-order valence-corrected chi connectivity index (χ0v) is 25.3. The van der Waals surface area contributed by atoms with Crippen molar-refractivity contribution in [2.45, 2.75) is 0 Å². The van der Waals surface area contributed by atoms with Crippen LogP contribution in [0.25, 0.3) is 98.5 Å². The summed E-state index contributed by atoms with van der Waals surface area (Å²) in [6.07, 6.45) is 0. The molecule has 0 bridgehead atoms. The third kappa shape index (κ3) is 3.35. The fraction of sp³-hybridized carbons (Fsp3) is 0. The molecule has 0 spiro atoms. The number of hydrogen-bond donors (Lipinski definition) is 0. The molecule has 47 heavy (non-hydrogen) atoms. The first-order valence-electron chi connectivity index (χ1n) is 16.1. The zero-order chi connectivity index (χ0) is 30.6. The van der Waals surface area contributed by atoms with Crippen molar-refractivity contribution in [1.29, 1.82) is 0 Å². The second-order valence-electron chi connectivity index (χ2n) is 12.5. The van der Waals surface area contributed by atoms with Crippen LogP contribution in [-0.4, -0.2) is 9.13 Å². The maximum atomic E-state index is 6.77. The lowest BCUT2D eigenvalue weighted by molar-refractivity contribution is 0.673. The van der Waals surface area contributed by atoms with Crippen LogP contribution in [0.4, 0.5) is 0 Å². The minimum atomic E-state index is 0.895. The molecule has 3 heteroatoms. The number of furan rings is 1. The van der Waals surface area contributed by atoms with E-state index in [0.717, 1.165) is 44.2 Å². The van der Waals surface area contributed by atoms with Crippen molar-refractivity contribution >= 4 is 87.1 Å². The summed E-state index contributed by atoms with van der Waals surface area (Å²) in [4.78, 5) is 0. The lowest BCUT2D eigenvalue weighted by atomic mass is 10.0. The molecular formula is C44H26N2O. The van der Waals surface area contributed by atoms with Gasteiger partial charge in [-0.3, -0.25) is 0 Å². The summed E-state index contributed by atoms with van der Waals surface area (Å²) < 4.78 is 11.5. The molecule has 0 radical (unpaired) electrons. The molecule has 3 nitrogen and oxygen atoms in total. The Labute approximate surface area is 269 Å². The molecule has 0 saturated heterocycles. The lowest BCUT2D eigenvalue weighted by Gasteiger charge is -2.11. The molecular weight excluding hydrogens is 572 g/mol. The van der Waals surface area contributed by atoms with Crippen molar-refractivity contribution in [3.63, 3.8) is 0 Å². The Bertz CT molecular complexity index is 3030. The summed E-state index contributed by atoms with van der Waals surface area (Å²) in [7, 11) is 0. The maximum absolute atomic E-state index is 6.77. The molecule has 11 rings (SSSR count). The fourth-order valence-corrected chi connectivity index (χ4v) is 8.03. The van der Waals surface area contributed by atoms with Crippen LogP contribution < -0.4 is 0 Å². The van der Waals surface area contributed by atoms with E-state index in [4.69, 9.17) is 4.42 Å². The van der Waals surface area contributed by atoms with E-state index in [9.17, 15) is 0 Å². The number of aromatic nitrogens is 2. The van der Waals surface area contributed by atoms with E-state index in [0.29, 0.717) is 0 Å². The normalized spacial score (nSPS) is 12.3. The Morgan fingerprint density at radius 1 is 0.340 bits per heavy atom. The second-order valence-corrected chi connectivity index (χ2v) is 12.5. The van der Waals surface area contributed by atoms with Crippen LogP contribution in [0.1, 0.15) is 0 Å². The molecule has 11 aromatic rings. The Kier molecular flexibility index (Phi) is 4.84. The second kappa shape index (κ2) is 9.12. The van der Waals surface area contributed by atoms with Crippen LogP contribution in [0.3, 0.4) is 0 Å². The van der Waals surface area contributed by atoms with Crippen molar-refractivity contribution in [1.82, 2.24) is 9.13 Å². The highest BCUT2D eigenvalue weighted by Gasteiger charge is 2.20. The van der Waals surface area contributed by atoms with E-state index in [1.807, 2.05) is 0 Å². The van der Waals surface area contributed by atoms with Gasteiger partial charge in [-0.25, -0.2) is 0 Å². The van der Waals surface area contributed by atoms with Crippen LogP contribution in [0.2, 0.25) is 0 Å². The van der Waals surface area contributed by atoms with Gasteiger partial charge in [-0.15, -0.1) is 0 Å². The van der Waals surface area contributed by atoms with E-state index in [1.165, 1.54) is 54.3 Å². The predicted molar refractivity (Wildman–Crippen MR) is 197 cm³/mol. The van der Waals surface area contributed by atoms with E-state index in [-0.39, 0.29) is 0 Å². The predicted octanol–water partition coefficient (Wildman–Crippen LogP) is 12.1. The van der Waals surface area contributed by atoms with E-state index >= 15 is 0 Å². The van der Waals surface area contributed by atoms with Gasteiger partial charge >= 0.3 is 0 Å². The van der Waals surface area contributed by atoms with Gasteiger partial charge in [0.05, 0.1) is 27.5 Å². The molecule has 0 aliphatic heterocycles. The van der Waals surface area contributed by atoms with Gasteiger partial charge in [-0.1, -0.05) is 97.1 Å². The molecule has 0 atom stereocenters. The topological polar surface area (TPSA) is 23.0 Å². The summed E-state index contributed by atoms with van der Waals surface area (Å²) in [5.74, 6) is 0. The molecule has 0 aliphatic rings. The molecule has 0 N–H and O–H groups in total. The maximum Gasteiger partial charge on any atom is 0.145 e. The van der Waals surface area contributed by atoms with Crippen molar-refractivity contribution in [2.24, 2.45) is 0 Å². The number of para-hydroxylation sites is 3. The van der Waals surface area contributed by atoms with Crippen molar-refractivity contribution in [2.75, 3.05) is 0 Å². The van der Waals surface area contributed by atoms with Gasteiger partial charge in [0, 0.05) is 38.3 Å². The molecule has 3 heterocycles. The highest BCUT2D eigenvalue weighted by atomic mass is 16.3. The smallest absolute Gasteiger partial charge is 0.145 e. The summed E-state index contributed by atoms with van der Waals surface area (Å²) in [6.45, 7) is 0. The van der Waals surface area contributed by atoms with Gasteiger partial charge in [0.1, 0.15) is 11.2 Å². The SMILES string of the molecule is c1ccc2c(c1)ccc1cc(-n3c4ccccc4c4c5oc6ccc(-n7c8ccccc8c8ccccc87)cc6c5ccc43)ccc12. The van der Waals surface area contributed by atoms with Crippen molar-refractivity contribution < 1.29 is 4.42 Å². The van der Waals surface area contributed by atoms with E-state index in [1.54, 1.807) is 0 Å². The van der Waals surface area contributed by atoms with Gasteiger partial charge in [0.25, 0.3) is 0 Å². The number of rotatable bonds is 2. The van der Waals surface area contributed by atoms with Crippen LogP contribution in [0.5, 0.6) is 0 Å². The van der Waals surface area contributed by atoms with Gasteiger partial charge in [-0.2, -0.15) is 0 Å². The summed E-state index contributed by atoms with van der Waals surface area (Å²) in [6, 6.07) is 57.0. The highest BCUT2D eigenvalue weighted by Crippen LogP contribution is 2.42. The standard InChI is InChI=1S/C44H26N2O/c1-2-10-31-27(9-1)17-18-28-25-29(19-21-32(28)31)46-40-16-8-5-13-36(40)43-41(46)23-22-35-37-26-30(20-24-42(37)47-44(35)43)45-38-14-6-3-11-33(38)34-12-4-7-15-39(34)45/h1-26H. The van der Waals surface area contributed by atoms with E-state index in [2.05, 4.69) is 167 Å². The third-order valence-electron chi connectivity index (χ3n) is 10.1. The number of hydrogen-bond acceptors (Lipinski definition) is 1. The summed E-state index contributed by atoms with van der Waals surface area (Å²) >= 11 is 0. The third-order valence-corrected chi connectivity index (χ3v) is 10.1. The fourth-order valence-electron chi connectivity index (χ4n) is 8.03. The molecule has 8 aromatic carbocycles. The average Bonchev–Trinajstić information content (AvgIpc) is 3.78. The monoisotopic (exact) mass is 598 g/mol. The Morgan fingerprint density at radius 2 is 0.894 bits per heavy atom. The number of fused-ring (bicyclic) bond motifs is 13. The Balaban J connectivity index is 1.17. The first kappa shape index (κ1) is 24.9. The van der Waals surface area contributed by atoms with E-state index < -0.39 is 0 Å². The summed E-state index contributed by atoms with van der Waals surface area (Å²) in [5, 5.41) is 12.1. The zero-order valence-electron chi connectivity index (χ0n) is 25.3. The van der Waals surface area contributed by atoms with Crippen molar-refractivity contribution in [3.05, 3.63) is 158 Å². The molecule has 0 amide bonds. The Morgan fingerprint density at radius 3 is 1.68 bits per heavy atom. The van der Waals surface area contributed by atoms with Gasteiger partial charge in [0.15, 0.2) is 0 Å². The van der Waals surface area contributed by atoms with Crippen LogP contribution in [0.15, 0.2) is 162 Å². The molecule has 218 valence electrons. The van der Waals surface area contributed by atoms with Crippen LogP contribution in [-0.2, 0) is 0 Å². The molecule has 0 saturated carbocycles. The minimum absolute atomic E-state index is 0.895. The minimum Gasteiger partial charge on any atom is -0.455 e. The van der Waals surface area contributed by atoms with Gasteiger partial charge in [0.2, 0.25) is 0 Å². The van der Waals surface area contributed by atoms with Crippen LogP contribution in [0, 0.1) is 0 Å². The van der Waals surface area contributed by atoms with Gasteiger partial charge in [-0.05, 0) is 82.2 Å². The average molecular weight is 599 g/mol. The largest absolute Gasteiger partial charge is 0.455 e. The molecule has 0 fully saturated rings. The Hall–Kier alpha value is -6.32. The lowest BCUT2D eigenvalue weighted by Crippen LogP contribution is -1.94. The molecule has 3 aromatic heterocycles. The first-order valence-corrected chi connectivity index (χ1v) is 16.1. The van der Waals surface area contributed by atoms with Crippen molar-refractivity contribution in [3.8, 4) is 11.4 Å². The number of benzene rings is 8. The molecule has 0 unspecified atom stereocenters.